The Morgan fingerprint density at radius 1 is 1.42 bits per heavy atom. The Morgan fingerprint density at radius 2 is 2.25 bits per heavy atom. The lowest BCUT2D eigenvalue weighted by molar-refractivity contribution is -0.124. The summed E-state index contributed by atoms with van der Waals surface area (Å²) >= 11 is 0. The van der Waals surface area contributed by atoms with Crippen LogP contribution in [0.2, 0.25) is 0 Å². The van der Waals surface area contributed by atoms with E-state index >= 15 is 0 Å². The second-order valence-corrected chi connectivity index (χ2v) is 3.52. The number of Topliss-reactive ketones (excluding diaryl/α,β-unsaturated/α-hetero) is 1. The molecule has 0 aromatic carbocycles. The van der Waals surface area contributed by atoms with Gasteiger partial charge in [-0.1, -0.05) is 25.5 Å². The van der Waals surface area contributed by atoms with Gasteiger partial charge in [-0.2, -0.15) is 0 Å². The van der Waals surface area contributed by atoms with Crippen LogP contribution in [0.5, 0.6) is 0 Å². The van der Waals surface area contributed by atoms with Gasteiger partial charge in [-0.15, -0.1) is 0 Å². The van der Waals surface area contributed by atoms with Crippen LogP contribution in [0.15, 0.2) is 12.2 Å². The van der Waals surface area contributed by atoms with Crippen molar-refractivity contribution in [2.45, 2.75) is 45.4 Å². The number of carbonyl (C=O) groups is 1. The lowest BCUT2D eigenvalue weighted by Crippen LogP contribution is -2.17. The summed E-state index contributed by atoms with van der Waals surface area (Å²) < 4.78 is 0. The highest BCUT2D eigenvalue weighted by Gasteiger charge is 2.20. The molecule has 0 amide bonds. The highest BCUT2D eigenvalue weighted by atomic mass is 16.1. The van der Waals surface area contributed by atoms with E-state index in [2.05, 4.69) is 19.1 Å². The van der Waals surface area contributed by atoms with E-state index in [0.29, 0.717) is 11.7 Å². The number of hydrogen-bond donors (Lipinski definition) is 0. The molecule has 0 aromatic rings. The van der Waals surface area contributed by atoms with Gasteiger partial charge in [-0.25, -0.2) is 0 Å². The van der Waals surface area contributed by atoms with Gasteiger partial charge in [-0.05, 0) is 25.7 Å². The van der Waals surface area contributed by atoms with Crippen LogP contribution in [0.4, 0.5) is 0 Å². The standard InChI is InChI=1S/C11H18O/c1-2-3-4-7-10-8-5-6-9-11(10)12/h3-4,10H,2,5-9H2,1H3/b4-3+. The summed E-state index contributed by atoms with van der Waals surface area (Å²) in [5.41, 5.74) is 0. The first-order valence-corrected chi connectivity index (χ1v) is 5.02. The van der Waals surface area contributed by atoms with Gasteiger partial charge in [0.05, 0.1) is 0 Å². The Bertz CT molecular complexity index is 170. The number of hydrogen-bond acceptors (Lipinski definition) is 1. The summed E-state index contributed by atoms with van der Waals surface area (Å²) in [5, 5.41) is 0. The van der Waals surface area contributed by atoms with E-state index in [1.54, 1.807) is 0 Å². The van der Waals surface area contributed by atoms with Gasteiger partial charge in [0, 0.05) is 12.3 Å². The van der Waals surface area contributed by atoms with Gasteiger partial charge in [-0.3, -0.25) is 4.79 Å². The first-order chi connectivity index (χ1) is 5.84. The van der Waals surface area contributed by atoms with Crippen molar-refractivity contribution in [2.75, 3.05) is 0 Å². The molecule has 0 saturated heterocycles. The van der Waals surface area contributed by atoms with Crippen molar-refractivity contribution in [3.63, 3.8) is 0 Å². The van der Waals surface area contributed by atoms with Crippen LogP contribution in [-0.4, -0.2) is 5.78 Å². The Labute approximate surface area is 74.9 Å². The van der Waals surface area contributed by atoms with Crippen molar-refractivity contribution in [3.05, 3.63) is 12.2 Å². The van der Waals surface area contributed by atoms with Gasteiger partial charge >= 0.3 is 0 Å². The molecule has 1 rings (SSSR count). The molecule has 0 aliphatic heterocycles. The number of rotatable bonds is 3. The molecule has 0 spiro atoms. The highest BCUT2D eigenvalue weighted by Crippen LogP contribution is 2.23. The van der Waals surface area contributed by atoms with Crippen LogP contribution in [0.25, 0.3) is 0 Å². The summed E-state index contributed by atoms with van der Waals surface area (Å²) in [6.45, 7) is 2.12. The third kappa shape index (κ3) is 2.80. The van der Waals surface area contributed by atoms with Crippen molar-refractivity contribution >= 4 is 5.78 Å². The summed E-state index contributed by atoms with van der Waals surface area (Å²) in [6, 6.07) is 0. The first kappa shape index (κ1) is 9.50. The maximum atomic E-state index is 11.4. The average molecular weight is 166 g/mol. The molecule has 1 saturated carbocycles. The Hall–Kier alpha value is -0.590. The molecule has 0 bridgehead atoms. The van der Waals surface area contributed by atoms with Gasteiger partial charge in [0.15, 0.2) is 0 Å². The maximum Gasteiger partial charge on any atom is 0.136 e. The fourth-order valence-corrected chi connectivity index (χ4v) is 1.73. The predicted octanol–water partition coefficient (Wildman–Crippen LogP) is 3.10. The quantitative estimate of drug-likeness (QED) is 0.589. The normalized spacial score (nSPS) is 25.1. The number of carbonyl (C=O) groups excluding carboxylic acids is 1. The van der Waals surface area contributed by atoms with E-state index in [0.717, 1.165) is 32.1 Å². The Kier molecular flexibility index (Phi) is 4.06. The molecule has 12 heavy (non-hydrogen) atoms. The molecule has 68 valence electrons. The average Bonchev–Trinajstić information content (AvgIpc) is 2.09. The number of allylic oxidation sites excluding steroid dienone is 2. The van der Waals surface area contributed by atoms with Gasteiger partial charge in [0.25, 0.3) is 0 Å². The monoisotopic (exact) mass is 166 g/mol. The van der Waals surface area contributed by atoms with Crippen LogP contribution >= 0.6 is 0 Å². The Morgan fingerprint density at radius 3 is 2.92 bits per heavy atom. The van der Waals surface area contributed by atoms with Crippen molar-refractivity contribution in [1.29, 1.82) is 0 Å². The van der Waals surface area contributed by atoms with Crippen molar-refractivity contribution in [3.8, 4) is 0 Å². The SMILES string of the molecule is CC/C=C/CC1CCCCC1=O. The zero-order valence-corrected chi connectivity index (χ0v) is 7.88. The van der Waals surface area contributed by atoms with E-state index in [9.17, 15) is 4.79 Å². The molecular formula is C11H18O. The molecule has 1 aliphatic carbocycles. The van der Waals surface area contributed by atoms with Crippen LogP contribution in [-0.2, 0) is 4.79 Å². The van der Waals surface area contributed by atoms with Gasteiger partial charge in [0.1, 0.15) is 5.78 Å². The smallest absolute Gasteiger partial charge is 0.136 e. The zero-order chi connectivity index (χ0) is 8.81. The topological polar surface area (TPSA) is 17.1 Å². The van der Waals surface area contributed by atoms with Gasteiger partial charge in [0.2, 0.25) is 0 Å². The van der Waals surface area contributed by atoms with Crippen LogP contribution in [0.1, 0.15) is 45.4 Å². The molecule has 0 aromatic heterocycles. The summed E-state index contributed by atoms with van der Waals surface area (Å²) in [7, 11) is 0. The lowest BCUT2D eigenvalue weighted by atomic mass is 9.86. The second-order valence-electron chi connectivity index (χ2n) is 3.52. The molecule has 1 nitrogen and oxygen atoms in total. The minimum absolute atomic E-state index is 0.349. The molecule has 1 atom stereocenters. The maximum absolute atomic E-state index is 11.4. The van der Waals surface area contributed by atoms with Crippen LogP contribution in [0.3, 0.4) is 0 Å². The molecule has 0 N–H and O–H groups in total. The predicted molar refractivity (Wildman–Crippen MR) is 51.0 cm³/mol. The van der Waals surface area contributed by atoms with E-state index in [-0.39, 0.29) is 0 Å². The minimum atomic E-state index is 0.349. The van der Waals surface area contributed by atoms with E-state index in [1.165, 1.54) is 6.42 Å². The van der Waals surface area contributed by atoms with E-state index in [1.807, 2.05) is 0 Å². The molecular weight excluding hydrogens is 148 g/mol. The molecule has 1 aliphatic rings. The second kappa shape index (κ2) is 5.13. The molecule has 1 unspecified atom stereocenters. The third-order valence-electron chi connectivity index (χ3n) is 2.50. The summed E-state index contributed by atoms with van der Waals surface area (Å²) in [5.74, 6) is 0.837. The fourth-order valence-electron chi connectivity index (χ4n) is 1.73. The molecule has 0 heterocycles. The number of ketones is 1. The van der Waals surface area contributed by atoms with Crippen molar-refractivity contribution in [1.82, 2.24) is 0 Å². The zero-order valence-electron chi connectivity index (χ0n) is 7.88. The molecule has 1 fully saturated rings. The first-order valence-electron chi connectivity index (χ1n) is 5.02. The minimum Gasteiger partial charge on any atom is -0.299 e. The van der Waals surface area contributed by atoms with Crippen molar-refractivity contribution < 1.29 is 4.79 Å². The van der Waals surface area contributed by atoms with Gasteiger partial charge < -0.3 is 0 Å². The van der Waals surface area contributed by atoms with Crippen LogP contribution < -0.4 is 0 Å². The molecule has 1 heteroatoms. The van der Waals surface area contributed by atoms with Crippen LogP contribution in [0, 0.1) is 5.92 Å². The highest BCUT2D eigenvalue weighted by molar-refractivity contribution is 5.81. The summed E-state index contributed by atoms with van der Waals surface area (Å²) in [6.07, 6.45) is 10.7. The van der Waals surface area contributed by atoms with Crippen molar-refractivity contribution in [2.24, 2.45) is 5.92 Å². The Balaban J connectivity index is 2.29. The summed E-state index contributed by atoms with van der Waals surface area (Å²) in [4.78, 5) is 11.4. The third-order valence-corrected chi connectivity index (χ3v) is 2.50. The van der Waals surface area contributed by atoms with E-state index in [4.69, 9.17) is 0 Å². The van der Waals surface area contributed by atoms with E-state index < -0.39 is 0 Å². The fraction of sp³-hybridized carbons (Fsp3) is 0.727. The lowest BCUT2D eigenvalue weighted by Gasteiger charge is -2.18. The molecule has 0 radical (unpaired) electrons. The largest absolute Gasteiger partial charge is 0.299 e.